The fraction of sp³-hybridized carbons (Fsp3) is 0.647. The van der Waals surface area contributed by atoms with Crippen LogP contribution in [0.5, 0.6) is 11.5 Å². The molecule has 1 fully saturated rings. The third-order valence-electron chi connectivity index (χ3n) is 4.21. The summed E-state index contributed by atoms with van der Waals surface area (Å²) in [4.78, 5) is 0. The molecule has 0 spiro atoms. The van der Waals surface area contributed by atoms with Gasteiger partial charge in [-0.3, -0.25) is 0 Å². The topological polar surface area (TPSA) is 53.7 Å². The standard InChI is InChI=1S/C17H27NO3/c1-19-15-8-4-5-9-16(15)20-12-13-21-17(14-18)10-6-2-3-7-11-17/h4-5,8-9H,2-3,6-7,10-14,18H2,1H3. The van der Waals surface area contributed by atoms with E-state index in [2.05, 4.69) is 0 Å². The van der Waals surface area contributed by atoms with E-state index >= 15 is 0 Å². The summed E-state index contributed by atoms with van der Waals surface area (Å²) >= 11 is 0. The van der Waals surface area contributed by atoms with Gasteiger partial charge in [-0.05, 0) is 25.0 Å². The Morgan fingerprint density at radius 1 is 1.00 bits per heavy atom. The van der Waals surface area contributed by atoms with Gasteiger partial charge in [-0.2, -0.15) is 0 Å². The highest BCUT2D eigenvalue weighted by Gasteiger charge is 2.30. The van der Waals surface area contributed by atoms with E-state index < -0.39 is 0 Å². The number of nitrogens with two attached hydrogens (primary N) is 1. The lowest BCUT2D eigenvalue weighted by atomic mass is 9.94. The molecule has 0 atom stereocenters. The Bertz CT molecular complexity index is 414. The van der Waals surface area contributed by atoms with Crippen LogP contribution in [0, 0.1) is 0 Å². The first-order valence-electron chi connectivity index (χ1n) is 7.89. The van der Waals surface area contributed by atoms with E-state index in [9.17, 15) is 0 Å². The number of ether oxygens (including phenoxy) is 3. The summed E-state index contributed by atoms with van der Waals surface area (Å²) in [5, 5.41) is 0. The second-order valence-electron chi connectivity index (χ2n) is 5.65. The number of methoxy groups -OCH3 is 1. The Morgan fingerprint density at radius 3 is 2.29 bits per heavy atom. The highest BCUT2D eigenvalue weighted by molar-refractivity contribution is 5.39. The lowest BCUT2D eigenvalue weighted by molar-refractivity contribution is -0.0587. The van der Waals surface area contributed by atoms with E-state index in [0.717, 1.165) is 24.3 Å². The van der Waals surface area contributed by atoms with E-state index in [4.69, 9.17) is 19.9 Å². The van der Waals surface area contributed by atoms with Gasteiger partial charge in [0, 0.05) is 6.54 Å². The molecule has 21 heavy (non-hydrogen) atoms. The molecule has 2 N–H and O–H groups in total. The fourth-order valence-electron chi connectivity index (χ4n) is 2.93. The zero-order chi connectivity index (χ0) is 15.0. The van der Waals surface area contributed by atoms with Crippen LogP contribution in [0.2, 0.25) is 0 Å². The van der Waals surface area contributed by atoms with E-state index in [1.807, 2.05) is 24.3 Å². The summed E-state index contributed by atoms with van der Waals surface area (Å²) in [5.41, 5.74) is 5.82. The second-order valence-corrected chi connectivity index (χ2v) is 5.65. The quantitative estimate of drug-likeness (QED) is 0.620. The number of para-hydroxylation sites is 2. The number of rotatable bonds is 7. The van der Waals surface area contributed by atoms with E-state index in [0.29, 0.717) is 19.8 Å². The van der Waals surface area contributed by atoms with Crippen LogP contribution in [0.3, 0.4) is 0 Å². The Kier molecular flexibility index (Phi) is 6.33. The van der Waals surface area contributed by atoms with Gasteiger partial charge in [0.1, 0.15) is 6.61 Å². The maximum Gasteiger partial charge on any atom is 0.161 e. The summed E-state index contributed by atoms with van der Waals surface area (Å²) in [7, 11) is 1.65. The van der Waals surface area contributed by atoms with Crippen LogP contribution in [0.1, 0.15) is 38.5 Å². The Balaban J connectivity index is 1.80. The van der Waals surface area contributed by atoms with Crippen molar-refractivity contribution in [3.05, 3.63) is 24.3 Å². The Labute approximate surface area is 127 Å². The average molecular weight is 293 g/mol. The first-order chi connectivity index (χ1) is 10.3. The Hall–Kier alpha value is -1.26. The molecule has 2 rings (SSSR count). The number of hydrogen-bond acceptors (Lipinski definition) is 4. The van der Waals surface area contributed by atoms with Crippen LogP contribution < -0.4 is 15.2 Å². The molecule has 1 aromatic rings. The molecule has 1 aliphatic carbocycles. The number of hydrogen-bond donors (Lipinski definition) is 1. The molecule has 4 nitrogen and oxygen atoms in total. The number of benzene rings is 1. The van der Waals surface area contributed by atoms with Crippen molar-refractivity contribution < 1.29 is 14.2 Å². The molecule has 0 amide bonds. The SMILES string of the molecule is COc1ccccc1OCCOC1(CN)CCCCCC1. The van der Waals surface area contributed by atoms with Gasteiger partial charge in [0.25, 0.3) is 0 Å². The Morgan fingerprint density at radius 2 is 1.67 bits per heavy atom. The van der Waals surface area contributed by atoms with Gasteiger partial charge in [0.2, 0.25) is 0 Å². The molecule has 118 valence electrons. The van der Waals surface area contributed by atoms with Gasteiger partial charge in [-0.25, -0.2) is 0 Å². The van der Waals surface area contributed by atoms with Crippen molar-refractivity contribution >= 4 is 0 Å². The van der Waals surface area contributed by atoms with Crippen molar-refractivity contribution in [3.63, 3.8) is 0 Å². The molecule has 1 saturated carbocycles. The highest BCUT2D eigenvalue weighted by atomic mass is 16.5. The van der Waals surface area contributed by atoms with Crippen molar-refractivity contribution in [1.29, 1.82) is 0 Å². The van der Waals surface area contributed by atoms with Crippen molar-refractivity contribution in [3.8, 4) is 11.5 Å². The molecule has 0 unspecified atom stereocenters. The summed E-state index contributed by atoms with van der Waals surface area (Å²) < 4.78 is 17.1. The van der Waals surface area contributed by atoms with Crippen molar-refractivity contribution in [2.24, 2.45) is 5.73 Å². The lowest BCUT2D eigenvalue weighted by Crippen LogP contribution is -2.41. The summed E-state index contributed by atoms with van der Waals surface area (Å²) in [6, 6.07) is 7.66. The van der Waals surface area contributed by atoms with Crippen molar-refractivity contribution in [2.75, 3.05) is 26.9 Å². The fourth-order valence-corrected chi connectivity index (χ4v) is 2.93. The van der Waals surface area contributed by atoms with Gasteiger partial charge in [-0.15, -0.1) is 0 Å². The molecular formula is C17H27NO3. The monoisotopic (exact) mass is 293 g/mol. The highest BCUT2D eigenvalue weighted by Crippen LogP contribution is 2.30. The smallest absolute Gasteiger partial charge is 0.161 e. The van der Waals surface area contributed by atoms with E-state index in [1.165, 1.54) is 25.7 Å². The van der Waals surface area contributed by atoms with Gasteiger partial charge in [0.15, 0.2) is 11.5 Å². The summed E-state index contributed by atoms with van der Waals surface area (Å²) in [6.07, 6.45) is 7.15. The van der Waals surface area contributed by atoms with E-state index in [1.54, 1.807) is 7.11 Å². The van der Waals surface area contributed by atoms with Crippen LogP contribution in [0.25, 0.3) is 0 Å². The molecule has 4 heteroatoms. The molecule has 0 radical (unpaired) electrons. The molecule has 0 heterocycles. The van der Waals surface area contributed by atoms with Crippen LogP contribution in [-0.2, 0) is 4.74 Å². The lowest BCUT2D eigenvalue weighted by Gasteiger charge is -2.31. The minimum Gasteiger partial charge on any atom is -0.493 e. The van der Waals surface area contributed by atoms with Crippen LogP contribution >= 0.6 is 0 Å². The molecular weight excluding hydrogens is 266 g/mol. The zero-order valence-corrected chi connectivity index (χ0v) is 13.0. The van der Waals surface area contributed by atoms with Gasteiger partial charge >= 0.3 is 0 Å². The molecule has 0 bridgehead atoms. The summed E-state index contributed by atoms with van der Waals surface area (Å²) in [6.45, 7) is 1.68. The van der Waals surface area contributed by atoms with Gasteiger partial charge in [-0.1, -0.05) is 37.8 Å². The molecule has 0 aliphatic heterocycles. The normalized spacial score (nSPS) is 18.0. The van der Waals surface area contributed by atoms with Gasteiger partial charge in [0.05, 0.1) is 19.3 Å². The van der Waals surface area contributed by atoms with E-state index in [-0.39, 0.29) is 5.60 Å². The van der Waals surface area contributed by atoms with Crippen molar-refractivity contribution in [1.82, 2.24) is 0 Å². The first-order valence-corrected chi connectivity index (χ1v) is 7.89. The molecule has 1 aromatic carbocycles. The largest absolute Gasteiger partial charge is 0.493 e. The van der Waals surface area contributed by atoms with Gasteiger partial charge < -0.3 is 19.9 Å². The molecule has 1 aliphatic rings. The maximum atomic E-state index is 6.10. The molecule has 0 aromatic heterocycles. The molecule has 0 saturated heterocycles. The zero-order valence-electron chi connectivity index (χ0n) is 13.0. The minimum atomic E-state index is -0.138. The maximum absolute atomic E-state index is 6.10. The average Bonchev–Trinajstić information content (AvgIpc) is 2.78. The third kappa shape index (κ3) is 4.61. The van der Waals surface area contributed by atoms with Crippen LogP contribution in [0.15, 0.2) is 24.3 Å². The predicted octanol–water partition coefficient (Wildman–Crippen LogP) is 3.14. The predicted molar refractivity (Wildman–Crippen MR) is 83.9 cm³/mol. The summed E-state index contributed by atoms with van der Waals surface area (Å²) in [5.74, 6) is 1.51. The van der Waals surface area contributed by atoms with Crippen LogP contribution in [-0.4, -0.2) is 32.5 Å². The second kappa shape index (κ2) is 8.25. The minimum absolute atomic E-state index is 0.138. The van der Waals surface area contributed by atoms with Crippen LogP contribution in [0.4, 0.5) is 0 Å². The first kappa shape index (κ1) is 16.1. The van der Waals surface area contributed by atoms with Crippen molar-refractivity contribution in [2.45, 2.75) is 44.1 Å². The third-order valence-corrected chi connectivity index (χ3v) is 4.21.